The highest BCUT2D eigenvalue weighted by Crippen LogP contribution is 2.57. The second kappa shape index (κ2) is 23.2. The van der Waals surface area contributed by atoms with Gasteiger partial charge in [-0.2, -0.15) is 8.78 Å². The van der Waals surface area contributed by atoms with E-state index in [1.807, 2.05) is 91.0 Å². The van der Waals surface area contributed by atoms with E-state index in [1.165, 1.54) is 14.2 Å². The Kier molecular flexibility index (Phi) is 16.5. The number of hydrogen-bond acceptors (Lipinski definition) is 14. The molecule has 3 aliphatic carbocycles. The van der Waals surface area contributed by atoms with Gasteiger partial charge in [-0.1, -0.05) is 121 Å². The molecule has 3 aliphatic heterocycles. The fraction of sp³-hybridized carbons (Fsp3) is 0.544. The molecular formula is C57H67F2NO14. The van der Waals surface area contributed by atoms with Gasteiger partial charge in [0.2, 0.25) is 0 Å². The third-order valence-electron chi connectivity index (χ3n) is 16.5. The first-order chi connectivity index (χ1) is 36.0. The summed E-state index contributed by atoms with van der Waals surface area (Å²) >= 11 is 0. The minimum Gasteiger partial charge on any atom is -0.465 e. The Morgan fingerprint density at radius 3 is 1.73 bits per heavy atom. The van der Waals surface area contributed by atoms with E-state index in [4.69, 9.17) is 47.4 Å². The zero-order valence-corrected chi connectivity index (χ0v) is 41.6. The van der Waals surface area contributed by atoms with Crippen molar-refractivity contribution >= 4 is 11.9 Å². The number of esters is 1. The number of halogens is 2. The summed E-state index contributed by atoms with van der Waals surface area (Å²) in [6, 6.07) is 35.5. The van der Waals surface area contributed by atoms with Crippen LogP contribution in [-0.2, 0) is 83.4 Å². The molecule has 6 aliphatic rings. The molecule has 4 aromatic rings. The first-order valence-electron chi connectivity index (χ1n) is 25.8. The van der Waals surface area contributed by atoms with E-state index in [9.17, 15) is 15.0 Å². The molecule has 4 aromatic carbocycles. The summed E-state index contributed by atoms with van der Waals surface area (Å²) in [5, 5.41) is 27.0. The van der Waals surface area contributed by atoms with Gasteiger partial charge in [0.25, 0.3) is 11.7 Å². The number of amides is 1. The quantitative estimate of drug-likeness (QED) is 0.0911. The average molecular weight is 1030 g/mol. The van der Waals surface area contributed by atoms with E-state index < -0.39 is 96.2 Å². The van der Waals surface area contributed by atoms with Crippen molar-refractivity contribution < 1.29 is 76.0 Å². The molecule has 398 valence electrons. The van der Waals surface area contributed by atoms with Gasteiger partial charge < -0.3 is 62.9 Å². The predicted octanol–water partition coefficient (Wildman–Crippen LogP) is 6.15. The molecule has 0 radical (unpaired) electrons. The molecule has 3 N–H and O–H groups in total. The lowest BCUT2D eigenvalue weighted by molar-refractivity contribution is -0.415. The molecule has 74 heavy (non-hydrogen) atoms. The summed E-state index contributed by atoms with van der Waals surface area (Å²) in [6.45, 7) is -0.780. The van der Waals surface area contributed by atoms with Crippen LogP contribution >= 0.6 is 0 Å². The lowest BCUT2D eigenvalue weighted by Crippen LogP contribution is -2.76. The Bertz CT molecular complexity index is 2430. The van der Waals surface area contributed by atoms with Gasteiger partial charge >= 0.3 is 11.9 Å². The Labute approximate surface area is 430 Å². The summed E-state index contributed by atoms with van der Waals surface area (Å²) in [7, 11) is 3.05. The second-order valence-electron chi connectivity index (χ2n) is 20.7. The van der Waals surface area contributed by atoms with Crippen LogP contribution in [0.25, 0.3) is 0 Å². The van der Waals surface area contributed by atoms with Crippen molar-refractivity contribution in [2.75, 3.05) is 34.2 Å². The molecule has 0 bridgehead atoms. The number of nitrogens with one attached hydrogen (secondary N) is 1. The number of alkyl halides is 2. The summed E-state index contributed by atoms with van der Waals surface area (Å²) in [5.74, 6) is -13.8. The van der Waals surface area contributed by atoms with Crippen molar-refractivity contribution in [2.24, 2.45) is 35.5 Å². The third-order valence-corrected chi connectivity index (χ3v) is 16.5. The molecule has 3 heterocycles. The number of cyclic esters (lactones) is 1. The SMILES string of the molecule is COC1CC([C@@H]2C3CC4OCOC4CC3[C@@H](NC(=O)C(F)(F)[C@]3(O)O[C@H](COCc4ccccc4)[C@H](OCc4ccccc4)[C@H](OCc4ccccc4)[C@H]3OCc3ccccc3)[C@H]3COC(=O)[C@H]23)CC(OC)C1O. The van der Waals surface area contributed by atoms with Crippen molar-refractivity contribution in [3.05, 3.63) is 144 Å². The van der Waals surface area contributed by atoms with Crippen molar-refractivity contribution in [2.45, 2.75) is 125 Å². The number of ether oxygens (including phenoxy) is 10. The van der Waals surface area contributed by atoms with Crippen LogP contribution in [0, 0.1) is 35.5 Å². The van der Waals surface area contributed by atoms with E-state index >= 15 is 13.6 Å². The van der Waals surface area contributed by atoms with E-state index in [-0.39, 0.29) is 70.3 Å². The molecule has 1 amide bonds. The van der Waals surface area contributed by atoms with Gasteiger partial charge in [0, 0.05) is 26.2 Å². The minimum absolute atomic E-state index is 0.000824. The molecule has 15 atom stereocenters. The standard InChI is InChI=1S/C57H67F2NO14/c1-65-44-23-38(24-45(66-2)50(44)61)47-39-25-42-43(73-33-72-42)26-40(39)49(41-31-71-54(62)48(41)47)60-55(63)56(58,59)57(64)53(70-30-37-21-13-6-14-22-37)52(69-29-36-19-11-5-12-20-36)51(68-28-35-17-9-4-10-18-35)46(74-57)32-67-27-34-15-7-3-8-16-34/h3-22,38-53,61,64H,23-33H2,1-2H3,(H,60,63)/t38?,39?,40?,41-,42?,43?,44?,45?,46+,47+,48-,49+,50?,51-,52-,53+,57+/m0/s1. The number of methoxy groups -OCH3 is 2. The largest absolute Gasteiger partial charge is 0.465 e. The zero-order valence-electron chi connectivity index (χ0n) is 41.6. The van der Waals surface area contributed by atoms with Crippen molar-refractivity contribution in [3.8, 4) is 0 Å². The maximum absolute atomic E-state index is 18.3. The Morgan fingerprint density at radius 1 is 0.689 bits per heavy atom. The monoisotopic (exact) mass is 1030 g/mol. The topological polar surface area (TPSA) is 179 Å². The normalized spacial score (nSPS) is 35.8. The smallest absolute Gasteiger partial charge is 0.379 e. The number of hydrogen-bond donors (Lipinski definition) is 3. The number of carbonyl (C=O) groups is 2. The van der Waals surface area contributed by atoms with Crippen molar-refractivity contribution in [1.29, 1.82) is 0 Å². The molecule has 3 saturated heterocycles. The molecule has 6 fully saturated rings. The van der Waals surface area contributed by atoms with Crippen LogP contribution in [0.4, 0.5) is 8.78 Å². The maximum Gasteiger partial charge on any atom is 0.379 e. The molecule has 0 spiro atoms. The van der Waals surface area contributed by atoms with E-state index in [2.05, 4.69) is 5.32 Å². The van der Waals surface area contributed by atoms with Crippen LogP contribution < -0.4 is 5.32 Å². The average Bonchev–Trinajstić information content (AvgIpc) is 4.07. The van der Waals surface area contributed by atoms with Gasteiger partial charge in [-0.3, -0.25) is 9.59 Å². The highest BCUT2D eigenvalue weighted by atomic mass is 19.3. The maximum atomic E-state index is 18.3. The molecule has 10 rings (SSSR count). The Hall–Kier alpha value is -4.76. The van der Waals surface area contributed by atoms with Gasteiger partial charge in [0.05, 0.1) is 70.0 Å². The van der Waals surface area contributed by atoms with Gasteiger partial charge in [0.1, 0.15) is 37.3 Å². The Balaban J connectivity index is 1.01. The highest BCUT2D eigenvalue weighted by Gasteiger charge is 2.72. The molecule has 3 saturated carbocycles. The third kappa shape index (κ3) is 10.8. The van der Waals surface area contributed by atoms with Gasteiger partial charge in [-0.25, -0.2) is 0 Å². The second-order valence-corrected chi connectivity index (χ2v) is 20.7. The highest BCUT2D eigenvalue weighted by molar-refractivity contribution is 5.85. The van der Waals surface area contributed by atoms with Crippen LogP contribution in [0.1, 0.15) is 47.9 Å². The fourth-order valence-electron chi connectivity index (χ4n) is 12.9. The predicted molar refractivity (Wildman–Crippen MR) is 260 cm³/mol. The van der Waals surface area contributed by atoms with Crippen molar-refractivity contribution in [3.63, 3.8) is 0 Å². The summed E-state index contributed by atoms with van der Waals surface area (Å²) in [5.41, 5.74) is 2.86. The number of fused-ring (bicyclic) bond motifs is 3. The summed E-state index contributed by atoms with van der Waals surface area (Å²) < 4.78 is 98.3. The lowest BCUT2D eigenvalue weighted by atomic mass is 9.51. The van der Waals surface area contributed by atoms with Gasteiger partial charge in [0.15, 0.2) is 0 Å². The number of carbonyl (C=O) groups excluding carboxylic acids is 2. The number of rotatable bonds is 19. The van der Waals surface area contributed by atoms with E-state index in [0.29, 0.717) is 36.8 Å². The van der Waals surface area contributed by atoms with E-state index in [0.717, 1.165) is 11.1 Å². The molecular weight excluding hydrogens is 961 g/mol. The molecule has 0 aromatic heterocycles. The van der Waals surface area contributed by atoms with Gasteiger partial charge in [-0.05, 0) is 71.6 Å². The lowest BCUT2D eigenvalue weighted by Gasteiger charge is -2.56. The molecule has 17 heteroatoms. The zero-order chi connectivity index (χ0) is 51.4. The van der Waals surface area contributed by atoms with Crippen LogP contribution in [0.5, 0.6) is 0 Å². The number of aliphatic hydroxyl groups is 2. The van der Waals surface area contributed by atoms with Crippen LogP contribution in [0.2, 0.25) is 0 Å². The minimum atomic E-state index is -4.77. The number of aliphatic hydroxyl groups excluding tert-OH is 1. The van der Waals surface area contributed by atoms with Gasteiger partial charge in [-0.15, -0.1) is 0 Å². The molecule has 6 unspecified atom stereocenters. The first kappa shape index (κ1) is 52.7. The molecule has 15 nitrogen and oxygen atoms in total. The Morgan fingerprint density at radius 2 is 1.19 bits per heavy atom. The summed E-state index contributed by atoms with van der Waals surface area (Å²) in [6.07, 6.45) is -7.44. The van der Waals surface area contributed by atoms with Crippen LogP contribution in [-0.4, -0.2) is 129 Å². The van der Waals surface area contributed by atoms with E-state index in [1.54, 1.807) is 30.3 Å². The first-order valence-corrected chi connectivity index (χ1v) is 25.8. The van der Waals surface area contributed by atoms with Crippen LogP contribution in [0.3, 0.4) is 0 Å². The fourth-order valence-corrected chi connectivity index (χ4v) is 12.9. The summed E-state index contributed by atoms with van der Waals surface area (Å²) in [4.78, 5) is 29.2. The van der Waals surface area contributed by atoms with Crippen molar-refractivity contribution in [1.82, 2.24) is 5.32 Å². The number of benzene rings is 4. The van der Waals surface area contributed by atoms with Crippen LogP contribution in [0.15, 0.2) is 121 Å².